The van der Waals surface area contributed by atoms with Crippen molar-refractivity contribution < 1.29 is 9.53 Å². The number of carbonyl (C=O) groups is 1. The third-order valence-electron chi connectivity index (χ3n) is 6.21. The van der Waals surface area contributed by atoms with Crippen LogP contribution < -0.4 is 10.1 Å². The second-order valence-corrected chi connectivity index (χ2v) is 9.29. The maximum atomic E-state index is 12.6. The molecular weight excluding hydrogens is 458 g/mol. The summed E-state index contributed by atoms with van der Waals surface area (Å²) in [5.41, 5.74) is 5.86. The number of amides is 1. The highest BCUT2D eigenvalue weighted by atomic mass is 35.5. The lowest BCUT2D eigenvalue weighted by molar-refractivity contribution is 0.0953. The molecule has 0 fully saturated rings. The van der Waals surface area contributed by atoms with Gasteiger partial charge in [0.15, 0.2) is 0 Å². The lowest BCUT2D eigenvalue weighted by atomic mass is 10.1. The topological polar surface area (TPSA) is 56.2 Å². The molecule has 1 amide bonds. The third-order valence-corrected chi connectivity index (χ3v) is 6.81. The molecule has 0 saturated heterocycles. The predicted octanol–water partition coefficient (Wildman–Crippen LogP) is 6.45. The quantitative estimate of drug-likeness (QED) is 0.260. The minimum absolute atomic E-state index is 0.0458. The van der Waals surface area contributed by atoms with Crippen molar-refractivity contribution in [2.24, 2.45) is 0 Å². The predicted molar refractivity (Wildman–Crippen MR) is 143 cm³/mol. The minimum atomic E-state index is -0.0458. The molecule has 1 N–H and O–H groups in total. The Morgan fingerprint density at radius 2 is 1.69 bits per heavy atom. The van der Waals surface area contributed by atoms with Crippen molar-refractivity contribution >= 4 is 28.5 Å². The molecule has 1 heterocycles. The van der Waals surface area contributed by atoms with Crippen LogP contribution in [0.2, 0.25) is 5.02 Å². The van der Waals surface area contributed by atoms with Crippen molar-refractivity contribution in [2.75, 3.05) is 13.2 Å². The van der Waals surface area contributed by atoms with E-state index >= 15 is 0 Å². The number of carbonyl (C=O) groups excluding carboxylic acids is 1. The molecule has 0 radical (unpaired) electrons. The number of para-hydroxylation sites is 2. The van der Waals surface area contributed by atoms with Gasteiger partial charge in [0, 0.05) is 30.1 Å². The van der Waals surface area contributed by atoms with Gasteiger partial charge >= 0.3 is 0 Å². The maximum Gasteiger partial charge on any atom is 0.251 e. The molecule has 0 unspecified atom stereocenters. The van der Waals surface area contributed by atoms with Crippen LogP contribution in [0.15, 0.2) is 60.7 Å². The fourth-order valence-corrected chi connectivity index (χ4v) is 4.44. The summed E-state index contributed by atoms with van der Waals surface area (Å²) in [6.45, 7) is 7.98. The van der Waals surface area contributed by atoms with Crippen LogP contribution >= 0.6 is 11.6 Å². The number of aromatic nitrogens is 2. The molecule has 0 saturated carbocycles. The molecule has 6 heteroatoms. The average molecular weight is 490 g/mol. The number of nitrogens with zero attached hydrogens (tertiary/aromatic N) is 2. The molecule has 0 aliphatic carbocycles. The summed E-state index contributed by atoms with van der Waals surface area (Å²) in [5.74, 6) is 1.80. The largest absolute Gasteiger partial charge is 0.494 e. The van der Waals surface area contributed by atoms with E-state index < -0.39 is 0 Å². The Morgan fingerprint density at radius 1 is 0.971 bits per heavy atom. The van der Waals surface area contributed by atoms with Gasteiger partial charge in [-0.2, -0.15) is 0 Å². The van der Waals surface area contributed by atoms with Gasteiger partial charge in [-0.25, -0.2) is 4.98 Å². The van der Waals surface area contributed by atoms with Gasteiger partial charge in [0.25, 0.3) is 5.91 Å². The summed E-state index contributed by atoms with van der Waals surface area (Å²) in [5, 5.41) is 3.84. The molecule has 5 nitrogen and oxygen atoms in total. The molecule has 0 aliphatic rings. The van der Waals surface area contributed by atoms with Crippen LogP contribution in [0.4, 0.5) is 0 Å². The second kappa shape index (κ2) is 11.4. The summed E-state index contributed by atoms with van der Waals surface area (Å²) < 4.78 is 8.24. The zero-order chi connectivity index (χ0) is 24.8. The Kier molecular flexibility index (Phi) is 8.09. The van der Waals surface area contributed by atoms with Gasteiger partial charge in [0.1, 0.15) is 11.6 Å². The van der Waals surface area contributed by atoms with E-state index in [9.17, 15) is 4.79 Å². The maximum absolute atomic E-state index is 12.6. The van der Waals surface area contributed by atoms with Crippen LogP contribution in [-0.2, 0) is 13.0 Å². The number of ether oxygens (including phenoxy) is 1. The Hall–Kier alpha value is -3.31. The second-order valence-electron chi connectivity index (χ2n) is 8.92. The van der Waals surface area contributed by atoms with Gasteiger partial charge in [-0.15, -0.1) is 0 Å². The Bertz CT molecular complexity index is 1310. The first-order valence-corrected chi connectivity index (χ1v) is 12.5. The molecular formula is C29H32ClN3O2. The third kappa shape index (κ3) is 6.04. The highest BCUT2D eigenvalue weighted by Gasteiger charge is 2.12. The first-order chi connectivity index (χ1) is 16.9. The standard InChI is InChI=1S/C29H32ClN3O2/c1-20-10-4-5-11-24(20)29(34)31-15-14-27-32-25-12-6-7-13-26(25)33(27)16-8-9-17-35-23-18-21(2)28(30)22(3)19-23/h4-7,10-13,18-19H,8-9,14-17H2,1-3H3,(H,31,34). The molecule has 0 spiro atoms. The van der Waals surface area contributed by atoms with Gasteiger partial charge < -0.3 is 14.6 Å². The van der Waals surface area contributed by atoms with Crippen molar-refractivity contribution in [1.82, 2.24) is 14.9 Å². The molecule has 4 aromatic rings. The first-order valence-electron chi connectivity index (χ1n) is 12.1. The number of unbranched alkanes of at least 4 members (excludes halogenated alkanes) is 1. The average Bonchev–Trinajstić information content (AvgIpc) is 3.19. The van der Waals surface area contributed by atoms with Crippen molar-refractivity contribution in [3.63, 3.8) is 0 Å². The van der Waals surface area contributed by atoms with Crippen LogP contribution in [0.1, 0.15) is 45.7 Å². The summed E-state index contributed by atoms with van der Waals surface area (Å²) in [7, 11) is 0. The smallest absolute Gasteiger partial charge is 0.251 e. The molecule has 3 aromatic carbocycles. The van der Waals surface area contributed by atoms with Gasteiger partial charge in [0.05, 0.1) is 17.6 Å². The lowest BCUT2D eigenvalue weighted by Gasteiger charge is -2.12. The van der Waals surface area contributed by atoms with Gasteiger partial charge in [0.2, 0.25) is 0 Å². The molecule has 1 aromatic heterocycles. The van der Waals surface area contributed by atoms with Crippen molar-refractivity contribution in [1.29, 1.82) is 0 Å². The number of aryl methyl sites for hydroxylation is 4. The number of hydrogen-bond donors (Lipinski definition) is 1. The van der Waals surface area contributed by atoms with E-state index in [1.165, 1.54) is 0 Å². The lowest BCUT2D eigenvalue weighted by Crippen LogP contribution is -2.27. The summed E-state index contributed by atoms with van der Waals surface area (Å²) in [6, 6.07) is 19.8. The van der Waals surface area contributed by atoms with Crippen LogP contribution in [0.5, 0.6) is 5.75 Å². The zero-order valence-electron chi connectivity index (χ0n) is 20.6. The van der Waals surface area contributed by atoms with Gasteiger partial charge in [-0.05, 0) is 80.6 Å². The summed E-state index contributed by atoms with van der Waals surface area (Å²) in [4.78, 5) is 17.4. The Balaban J connectivity index is 1.34. The molecule has 0 aliphatic heterocycles. The highest BCUT2D eigenvalue weighted by molar-refractivity contribution is 6.32. The van der Waals surface area contributed by atoms with Crippen molar-refractivity contribution in [3.05, 3.63) is 93.8 Å². The highest BCUT2D eigenvalue weighted by Crippen LogP contribution is 2.26. The van der Waals surface area contributed by atoms with Gasteiger partial charge in [-0.1, -0.05) is 41.9 Å². The number of fused-ring (bicyclic) bond motifs is 1. The Labute approximate surface area is 212 Å². The first kappa shape index (κ1) is 24.8. The summed E-state index contributed by atoms with van der Waals surface area (Å²) in [6.07, 6.45) is 2.57. The Morgan fingerprint density at radius 3 is 2.46 bits per heavy atom. The molecule has 4 rings (SSSR count). The zero-order valence-corrected chi connectivity index (χ0v) is 21.4. The monoisotopic (exact) mass is 489 g/mol. The summed E-state index contributed by atoms with van der Waals surface area (Å²) >= 11 is 6.26. The van der Waals surface area contributed by atoms with Crippen molar-refractivity contribution in [3.8, 4) is 5.75 Å². The van der Waals surface area contributed by atoms with E-state index in [4.69, 9.17) is 21.3 Å². The van der Waals surface area contributed by atoms with E-state index in [-0.39, 0.29) is 5.91 Å². The number of hydrogen-bond acceptors (Lipinski definition) is 3. The van der Waals surface area contributed by atoms with Gasteiger partial charge in [-0.3, -0.25) is 4.79 Å². The van der Waals surface area contributed by atoms with Crippen LogP contribution in [-0.4, -0.2) is 28.6 Å². The molecule has 35 heavy (non-hydrogen) atoms. The number of benzene rings is 3. The fourth-order valence-electron chi connectivity index (χ4n) is 4.33. The van der Waals surface area contributed by atoms with Crippen LogP contribution in [0.3, 0.4) is 0 Å². The molecule has 0 atom stereocenters. The van der Waals surface area contributed by atoms with E-state index in [0.29, 0.717) is 25.1 Å². The number of halogens is 1. The number of imidazole rings is 1. The van der Waals surface area contributed by atoms with E-state index in [0.717, 1.165) is 63.7 Å². The van der Waals surface area contributed by atoms with E-state index in [2.05, 4.69) is 16.0 Å². The fraction of sp³-hybridized carbons (Fsp3) is 0.310. The minimum Gasteiger partial charge on any atom is -0.494 e. The van der Waals surface area contributed by atoms with E-state index in [1.54, 1.807) is 0 Å². The van der Waals surface area contributed by atoms with E-state index in [1.807, 2.05) is 75.4 Å². The molecule has 0 bridgehead atoms. The van der Waals surface area contributed by atoms with Crippen LogP contribution in [0, 0.1) is 20.8 Å². The number of rotatable bonds is 10. The number of nitrogens with one attached hydrogen (secondary N) is 1. The van der Waals surface area contributed by atoms with Crippen LogP contribution in [0.25, 0.3) is 11.0 Å². The SMILES string of the molecule is Cc1ccccc1C(=O)NCCc1nc2ccccc2n1CCCCOc1cc(C)c(Cl)c(C)c1. The van der Waals surface area contributed by atoms with Crippen molar-refractivity contribution in [2.45, 2.75) is 46.6 Å². The normalized spacial score (nSPS) is 11.1. The molecule has 182 valence electrons.